The summed E-state index contributed by atoms with van der Waals surface area (Å²) in [7, 11) is 0. The van der Waals surface area contributed by atoms with Gasteiger partial charge in [-0.25, -0.2) is 9.97 Å². The highest BCUT2D eigenvalue weighted by atomic mass is 35.5. The van der Waals surface area contributed by atoms with Crippen LogP contribution in [0.5, 0.6) is 0 Å². The molecule has 0 amide bonds. The van der Waals surface area contributed by atoms with Gasteiger partial charge in [0.05, 0.1) is 5.02 Å². The van der Waals surface area contributed by atoms with Crippen molar-refractivity contribution in [3.05, 3.63) is 59.8 Å². The average molecular weight is 281 g/mol. The van der Waals surface area contributed by atoms with Crippen molar-refractivity contribution in [1.29, 1.82) is 0 Å². The first kappa shape index (κ1) is 11.4. The summed E-state index contributed by atoms with van der Waals surface area (Å²) in [4.78, 5) is 8.57. The summed E-state index contributed by atoms with van der Waals surface area (Å²) in [5.74, 6) is 0.556. The van der Waals surface area contributed by atoms with Gasteiger partial charge < -0.3 is 4.42 Å². The first-order chi connectivity index (χ1) is 9.79. The topological polar surface area (TPSA) is 38.9 Å². The zero-order valence-corrected chi connectivity index (χ0v) is 11.1. The van der Waals surface area contributed by atoms with Gasteiger partial charge >= 0.3 is 0 Å². The number of hydrogen-bond acceptors (Lipinski definition) is 3. The third-order valence-electron chi connectivity index (χ3n) is 3.21. The summed E-state index contributed by atoms with van der Waals surface area (Å²) in [5.41, 5.74) is 2.09. The molecule has 96 valence electrons. The zero-order chi connectivity index (χ0) is 13.5. The molecule has 0 aliphatic rings. The molecule has 2 aromatic carbocycles. The molecule has 0 fully saturated rings. The number of benzene rings is 2. The highest BCUT2D eigenvalue weighted by molar-refractivity contribution is 6.31. The fourth-order valence-electron chi connectivity index (χ4n) is 2.24. The molecule has 0 N–H and O–H groups in total. The van der Waals surface area contributed by atoms with E-state index in [9.17, 15) is 0 Å². The molecule has 0 bridgehead atoms. The van der Waals surface area contributed by atoms with E-state index in [2.05, 4.69) is 34.2 Å². The summed E-state index contributed by atoms with van der Waals surface area (Å²) < 4.78 is 5.68. The maximum atomic E-state index is 5.91. The van der Waals surface area contributed by atoms with Gasteiger partial charge in [0.1, 0.15) is 5.52 Å². The average Bonchev–Trinajstić information content (AvgIpc) is 2.89. The molecule has 3 nitrogen and oxygen atoms in total. The number of rotatable bonds is 1. The second-order valence-electron chi connectivity index (χ2n) is 4.56. The number of aromatic nitrogens is 2. The fraction of sp³-hybridized carbons (Fsp3) is 0. The quantitative estimate of drug-likeness (QED) is 0.507. The number of halogens is 1. The second kappa shape index (κ2) is 4.32. The largest absolute Gasteiger partial charge is 0.418 e. The molecule has 0 aliphatic carbocycles. The van der Waals surface area contributed by atoms with Crippen molar-refractivity contribution in [3.63, 3.8) is 0 Å². The molecular formula is C16H9ClN2O. The second-order valence-corrected chi connectivity index (χ2v) is 5.00. The van der Waals surface area contributed by atoms with E-state index < -0.39 is 0 Å². The minimum absolute atomic E-state index is 0.498. The Morgan fingerprint density at radius 1 is 0.950 bits per heavy atom. The van der Waals surface area contributed by atoms with Crippen LogP contribution in [0, 0.1) is 0 Å². The number of pyridine rings is 1. The number of oxazole rings is 1. The summed E-state index contributed by atoms with van der Waals surface area (Å²) in [6.45, 7) is 0. The van der Waals surface area contributed by atoms with Crippen LogP contribution in [0.4, 0.5) is 0 Å². The van der Waals surface area contributed by atoms with Crippen molar-refractivity contribution in [2.24, 2.45) is 0 Å². The molecule has 0 spiro atoms. The van der Waals surface area contributed by atoms with Crippen LogP contribution >= 0.6 is 11.6 Å². The number of hydrogen-bond donors (Lipinski definition) is 0. The van der Waals surface area contributed by atoms with Crippen molar-refractivity contribution in [2.75, 3.05) is 0 Å². The van der Waals surface area contributed by atoms with Crippen molar-refractivity contribution >= 4 is 33.6 Å². The summed E-state index contributed by atoms with van der Waals surface area (Å²) in [5, 5.41) is 2.89. The van der Waals surface area contributed by atoms with E-state index in [1.165, 1.54) is 5.39 Å². The van der Waals surface area contributed by atoms with Crippen LogP contribution in [0.1, 0.15) is 0 Å². The minimum atomic E-state index is 0.498. The first-order valence-electron chi connectivity index (χ1n) is 6.21. The Kier molecular flexibility index (Phi) is 2.47. The number of fused-ring (bicyclic) bond motifs is 2. The summed E-state index contributed by atoms with van der Waals surface area (Å²) in [6.07, 6.45) is 1.55. The highest BCUT2D eigenvalue weighted by Gasteiger charge is 2.10. The van der Waals surface area contributed by atoms with E-state index in [1.807, 2.05) is 18.2 Å². The molecule has 4 rings (SSSR count). The van der Waals surface area contributed by atoms with Crippen molar-refractivity contribution in [2.45, 2.75) is 0 Å². The van der Waals surface area contributed by atoms with Crippen molar-refractivity contribution < 1.29 is 4.42 Å². The fourth-order valence-corrected chi connectivity index (χ4v) is 2.40. The Hall–Kier alpha value is -2.39. The lowest BCUT2D eigenvalue weighted by molar-refractivity contribution is 0.608. The lowest BCUT2D eigenvalue weighted by Gasteiger charge is -1.99. The van der Waals surface area contributed by atoms with E-state index in [0.717, 1.165) is 10.9 Å². The van der Waals surface area contributed by atoms with Gasteiger partial charge in [0, 0.05) is 11.8 Å². The molecule has 0 aliphatic heterocycles. The lowest BCUT2D eigenvalue weighted by atomic mass is 10.1. The number of nitrogens with zero attached hydrogens (tertiary/aromatic N) is 2. The van der Waals surface area contributed by atoms with Gasteiger partial charge in [-0.3, -0.25) is 0 Å². The van der Waals surface area contributed by atoms with Gasteiger partial charge in [-0.2, -0.15) is 0 Å². The first-order valence-corrected chi connectivity index (χ1v) is 6.59. The molecule has 0 saturated heterocycles. The summed E-state index contributed by atoms with van der Waals surface area (Å²) in [6, 6.07) is 16.0. The van der Waals surface area contributed by atoms with E-state index in [1.54, 1.807) is 12.3 Å². The molecule has 0 saturated carbocycles. The Morgan fingerprint density at radius 2 is 1.80 bits per heavy atom. The van der Waals surface area contributed by atoms with E-state index >= 15 is 0 Å². The molecule has 2 heterocycles. The zero-order valence-electron chi connectivity index (χ0n) is 10.4. The van der Waals surface area contributed by atoms with Crippen LogP contribution in [-0.2, 0) is 0 Å². The Labute approximate surface area is 119 Å². The predicted molar refractivity (Wildman–Crippen MR) is 79.8 cm³/mol. The molecule has 4 aromatic rings. The lowest BCUT2D eigenvalue weighted by Crippen LogP contribution is -1.78. The standard InChI is InChI=1S/C16H9ClN2O/c17-13-8-14-16(18-9-13)20-15(19-14)12-6-5-10-3-1-2-4-11(10)7-12/h1-9H. The monoisotopic (exact) mass is 280 g/mol. The van der Waals surface area contributed by atoms with E-state index in [-0.39, 0.29) is 0 Å². The van der Waals surface area contributed by atoms with Gasteiger partial charge in [-0.05, 0) is 29.0 Å². The highest BCUT2D eigenvalue weighted by Crippen LogP contribution is 2.27. The Bertz CT molecular complexity index is 930. The third kappa shape index (κ3) is 1.84. The van der Waals surface area contributed by atoms with Crippen LogP contribution < -0.4 is 0 Å². The van der Waals surface area contributed by atoms with Gasteiger partial charge in [0.15, 0.2) is 0 Å². The van der Waals surface area contributed by atoms with E-state index in [0.29, 0.717) is 22.1 Å². The molecular weight excluding hydrogens is 272 g/mol. The van der Waals surface area contributed by atoms with Crippen LogP contribution in [0.2, 0.25) is 5.02 Å². The van der Waals surface area contributed by atoms with Crippen LogP contribution in [0.25, 0.3) is 33.5 Å². The van der Waals surface area contributed by atoms with E-state index in [4.69, 9.17) is 16.0 Å². The van der Waals surface area contributed by atoms with Gasteiger partial charge in [0.25, 0.3) is 0 Å². The molecule has 0 unspecified atom stereocenters. The smallest absolute Gasteiger partial charge is 0.247 e. The molecule has 2 aromatic heterocycles. The normalized spacial score (nSPS) is 11.2. The molecule has 0 radical (unpaired) electrons. The summed E-state index contributed by atoms with van der Waals surface area (Å²) >= 11 is 5.91. The van der Waals surface area contributed by atoms with Crippen LogP contribution in [0.3, 0.4) is 0 Å². The predicted octanol–water partition coefficient (Wildman–Crippen LogP) is 4.70. The molecule has 20 heavy (non-hydrogen) atoms. The SMILES string of the molecule is Clc1cnc2oc(-c3ccc4ccccc4c3)nc2c1. The van der Waals surface area contributed by atoms with Crippen LogP contribution in [0.15, 0.2) is 59.1 Å². The van der Waals surface area contributed by atoms with Gasteiger partial charge in [0.2, 0.25) is 11.6 Å². The Balaban J connectivity index is 1.91. The third-order valence-corrected chi connectivity index (χ3v) is 3.42. The van der Waals surface area contributed by atoms with Crippen molar-refractivity contribution in [1.82, 2.24) is 9.97 Å². The Morgan fingerprint density at radius 3 is 2.70 bits per heavy atom. The van der Waals surface area contributed by atoms with Crippen LogP contribution in [-0.4, -0.2) is 9.97 Å². The van der Waals surface area contributed by atoms with Gasteiger partial charge in [-0.15, -0.1) is 0 Å². The van der Waals surface area contributed by atoms with Crippen molar-refractivity contribution in [3.8, 4) is 11.5 Å². The minimum Gasteiger partial charge on any atom is -0.418 e. The maximum absolute atomic E-state index is 5.91. The maximum Gasteiger partial charge on any atom is 0.247 e. The molecule has 0 atom stereocenters. The molecule has 4 heteroatoms. The van der Waals surface area contributed by atoms with Gasteiger partial charge in [-0.1, -0.05) is 41.9 Å².